The molecular formula is C44H57N3O14. The van der Waals surface area contributed by atoms with Crippen molar-refractivity contribution in [2.45, 2.75) is 147 Å². The summed E-state index contributed by atoms with van der Waals surface area (Å²) < 4.78 is 35.7. The van der Waals surface area contributed by atoms with E-state index in [0.717, 1.165) is 25.7 Å². The molecule has 2 bridgehead atoms. The van der Waals surface area contributed by atoms with Crippen LogP contribution < -0.4 is 10.6 Å². The number of carbonyl (C=O) groups excluding carboxylic acids is 6. The van der Waals surface area contributed by atoms with Crippen LogP contribution >= 0.6 is 0 Å². The Hall–Kier alpha value is -4.42. The zero-order valence-corrected chi connectivity index (χ0v) is 35.3. The molecule has 8 atom stereocenters. The number of nitrogens with one attached hydrogen (secondary N) is 2. The van der Waals surface area contributed by atoms with E-state index < -0.39 is 101 Å². The van der Waals surface area contributed by atoms with Gasteiger partial charge in [-0.15, -0.1) is 0 Å². The lowest BCUT2D eigenvalue weighted by Gasteiger charge is -2.48. The van der Waals surface area contributed by atoms with Crippen molar-refractivity contribution in [1.29, 1.82) is 0 Å². The van der Waals surface area contributed by atoms with Crippen molar-refractivity contribution in [2.24, 2.45) is 22.7 Å². The summed E-state index contributed by atoms with van der Waals surface area (Å²) in [5.74, 6) is -3.71. The lowest BCUT2D eigenvalue weighted by Crippen LogP contribution is -2.69. The molecule has 4 aliphatic heterocycles. The van der Waals surface area contributed by atoms with Crippen LogP contribution in [0.2, 0.25) is 0 Å². The first-order valence-corrected chi connectivity index (χ1v) is 21.5. The monoisotopic (exact) mass is 851 g/mol. The summed E-state index contributed by atoms with van der Waals surface area (Å²) in [4.78, 5) is 85.6. The Labute approximate surface area is 354 Å². The van der Waals surface area contributed by atoms with Crippen molar-refractivity contribution in [3.8, 4) is 0 Å². The van der Waals surface area contributed by atoms with Gasteiger partial charge in [-0.1, -0.05) is 38.1 Å². The highest BCUT2D eigenvalue weighted by atomic mass is 16.8. The molecule has 7 fully saturated rings. The van der Waals surface area contributed by atoms with Gasteiger partial charge in [-0.05, 0) is 70.1 Å². The van der Waals surface area contributed by atoms with Gasteiger partial charge in [-0.3, -0.25) is 24.0 Å². The zero-order valence-electron chi connectivity index (χ0n) is 35.3. The fraction of sp³-hybridized carbons (Fsp3) is 0.682. The summed E-state index contributed by atoms with van der Waals surface area (Å²) in [6, 6.07) is 5.34. The second kappa shape index (κ2) is 16.4. The summed E-state index contributed by atoms with van der Waals surface area (Å²) in [6.45, 7) is 8.58. The first-order chi connectivity index (χ1) is 28.9. The topological polar surface area (TPSA) is 215 Å². The summed E-state index contributed by atoms with van der Waals surface area (Å²) in [6.07, 6.45) is 2.73. The summed E-state index contributed by atoms with van der Waals surface area (Å²) in [5.41, 5.74) is -1.43. The first-order valence-electron chi connectivity index (χ1n) is 21.5. The number of carbonyl (C=O) groups is 6. The van der Waals surface area contributed by atoms with E-state index in [2.05, 4.69) is 10.6 Å². The molecule has 332 valence electrons. The second-order valence-electron chi connectivity index (χ2n) is 19.2. The van der Waals surface area contributed by atoms with Crippen LogP contribution in [0.1, 0.15) is 97.1 Å². The van der Waals surface area contributed by atoms with Crippen LogP contribution in [0.25, 0.3) is 6.08 Å². The van der Waals surface area contributed by atoms with E-state index in [9.17, 15) is 33.9 Å². The van der Waals surface area contributed by atoms with Crippen molar-refractivity contribution >= 4 is 41.8 Å². The van der Waals surface area contributed by atoms with Crippen molar-refractivity contribution in [3.05, 3.63) is 41.5 Å². The standard InChI is InChI=1S/C44H57N3O14/c1-41(2,3)58-32(51)16-14-28(22-48)46-30(49)17-18-45-40(54)43-20-29-33-34(60-44(59-33,26-10-11-26)27-12-13-27)36(43)61-47(35(43)38(52)56-29)21-25-8-6-7-24(19-25)9-15-31(50)57-37-39(53)55-23-42(37,4)5/h6-9,15,19,26-29,33-37,48H,10-14,16-18,20-23H2,1-5H3,(H,45,54)(H,46,49). The highest BCUT2D eigenvalue weighted by Crippen LogP contribution is 2.63. The molecule has 1 aromatic carbocycles. The number of ether oxygens (including phenoxy) is 6. The minimum atomic E-state index is -1.46. The molecular weight excluding hydrogens is 794 g/mol. The number of nitrogens with zero attached hydrogens (tertiary/aromatic N) is 1. The van der Waals surface area contributed by atoms with Gasteiger partial charge in [-0.25, -0.2) is 9.59 Å². The van der Waals surface area contributed by atoms with Crippen LogP contribution in [0.4, 0.5) is 0 Å². The number of fused-ring (bicyclic) bond motifs is 4. The maximum Gasteiger partial charge on any atom is 0.348 e. The van der Waals surface area contributed by atoms with Gasteiger partial charge in [0.2, 0.25) is 17.9 Å². The van der Waals surface area contributed by atoms with Crippen LogP contribution in [0.5, 0.6) is 0 Å². The maximum absolute atomic E-state index is 14.7. The predicted molar refractivity (Wildman–Crippen MR) is 211 cm³/mol. The molecule has 0 aromatic heterocycles. The Morgan fingerprint density at radius 2 is 1.74 bits per heavy atom. The molecule has 17 nitrogen and oxygen atoms in total. The minimum absolute atomic E-state index is 0.00326. The number of aliphatic hydroxyl groups is 1. The maximum atomic E-state index is 14.7. The third-order valence-electron chi connectivity index (χ3n) is 12.7. The van der Waals surface area contributed by atoms with E-state index in [1.165, 1.54) is 11.1 Å². The van der Waals surface area contributed by atoms with Crippen LogP contribution in [-0.4, -0.2) is 120 Å². The Morgan fingerprint density at radius 1 is 1.02 bits per heavy atom. The van der Waals surface area contributed by atoms with Crippen molar-refractivity contribution in [3.63, 3.8) is 0 Å². The minimum Gasteiger partial charge on any atom is -0.462 e. The number of cyclic esters (lactones) is 1. The summed E-state index contributed by atoms with van der Waals surface area (Å²) >= 11 is 0. The highest BCUT2D eigenvalue weighted by molar-refractivity contribution is 5.94. The van der Waals surface area contributed by atoms with Gasteiger partial charge < -0.3 is 44.2 Å². The van der Waals surface area contributed by atoms with E-state index in [4.69, 9.17) is 33.3 Å². The molecule has 3 aliphatic carbocycles. The van der Waals surface area contributed by atoms with Crippen molar-refractivity contribution in [2.75, 3.05) is 19.8 Å². The fourth-order valence-electron chi connectivity index (χ4n) is 9.54. The number of esters is 4. The largest absolute Gasteiger partial charge is 0.462 e. The van der Waals surface area contributed by atoms with E-state index >= 15 is 0 Å². The summed E-state index contributed by atoms with van der Waals surface area (Å²) in [7, 11) is 0. The van der Waals surface area contributed by atoms with Gasteiger partial charge >= 0.3 is 23.9 Å². The summed E-state index contributed by atoms with van der Waals surface area (Å²) in [5, 5.41) is 17.0. The fourth-order valence-corrected chi connectivity index (χ4v) is 9.54. The zero-order chi connectivity index (χ0) is 43.5. The molecule has 4 saturated heterocycles. The Kier molecular flexibility index (Phi) is 11.6. The number of hydrogen-bond donors (Lipinski definition) is 3. The van der Waals surface area contributed by atoms with Gasteiger partial charge in [0.1, 0.15) is 42.0 Å². The quantitative estimate of drug-likeness (QED) is 0.124. The van der Waals surface area contributed by atoms with Gasteiger partial charge in [0, 0.05) is 49.1 Å². The molecule has 3 saturated carbocycles. The second-order valence-corrected chi connectivity index (χ2v) is 19.2. The molecule has 8 rings (SSSR count). The Bertz CT molecular complexity index is 1940. The molecule has 2 amide bonds. The molecule has 7 aliphatic rings. The van der Waals surface area contributed by atoms with Crippen LogP contribution in [-0.2, 0) is 68.6 Å². The predicted octanol–water partition coefficient (Wildman–Crippen LogP) is 2.40. The van der Waals surface area contributed by atoms with Gasteiger partial charge in [0.15, 0.2) is 11.8 Å². The van der Waals surface area contributed by atoms with E-state index in [0.29, 0.717) is 11.1 Å². The third-order valence-corrected chi connectivity index (χ3v) is 12.7. The highest BCUT2D eigenvalue weighted by Gasteiger charge is 2.78. The van der Waals surface area contributed by atoms with Gasteiger partial charge in [0.05, 0.1) is 19.2 Å². The van der Waals surface area contributed by atoms with Gasteiger partial charge in [-0.2, -0.15) is 5.06 Å². The number of aliphatic hydroxyl groups excluding tert-OH is 1. The number of amides is 2. The van der Waals surface area contributed by atoms with E-state index in [1.807, 2.05) is 12.1 Å². The van der Waals surface area contributed by atoms with Crippen LogP contribution in [0, 0.1) is 22.7 Å². The molecule has 61 heavy (non-hydrogen) atoms. The molecule has 17 heteroatoms. The van der Waals surface area contributed by atoms with E-state index in [-0.39, 0.29) is 63.8 Å². The van der Waals surface area contributed by atoms with E-state index in [1.54, 1.807) is 52.8 Å². The normalized spacial score (nSPS) is 31.5. The van der Waals surface area contributed by atoms with Crippen molar-refractivity contribution in [1.82, 2.24) is 15.7 Å². The smallest absolute Gasteiger partial charge is 0.348 e. The Balaban J connectivity index is 0.976. The molecule has 0 spiro atoms. The third kappa shape index (κ3) is 8.68. The number of rotatable bonds is 16. The molecule has 1 aromatic rings. The Morgan fingerprint density at radius 3 is 2.39 bits per heavy atom. The van der Waals surface area contributed by atoms with Crippen molar-refractivity contribution < 1.29 is 67.1 Å². The first kappa shape index (κ1) is 43.2. The van der Waals surface area contributed by atoms with Crippen LogP contribution in [0.15, 0.2) is 30.3 Å². The number of hydroxylamine groups is 2. The SMILES string of the molecule is CC(C)(C)OC(=O)CCC(CO)NC(=O)CCNC(=O)C12CC3OC(=O)C1N(Cc1cccc(C=CC(=O)OC4C(=O)OCC4(C)C)c1)OC2C1OC(C2CC2)(C2CC2)OC31. The molecule has 3 N–H and O–H groups in total. The van der Waals surface area contributed by atoms with Crippen LogP contribution in [0.3, 0.4) is 0 Å². The average molecular weight is 852 g/mol. The van der Waals surface area contributed by atoms with Gasteiger partial charge in [0.25, 0.3) is 0 Å². The molecule has 0 radical (unpaired) electrons. The molecule has 4 heterocycles. The molecule has 8 unspecified atom stereocenters. The number of hydrogen-bond acceptors (Lipinski definition) is 15. The lowest BCUT2D eigenvalue weighted by atomic mass is 9.62. The average Bonchev–Trinajstić information content (AvgIpc) is 4.14. The number of benzene rings is 1. The lowest BCUT2D eigenvalue weighted by molar-refractivity contribution is -0.235.